The first-order valence-electron chi connectivity index (χ1n) is 16.1. The summed E-state index contributed by atoms with van der Waals surface area (Å²) in [5, 5.41) is 3.11. The van der Waals surface area contributed by atoms with Gasteiger partial charge in [-0.2, -0.15) is 0 Å². The van der Waals surface area contributed by atoms with Gasteiger partial charge in [0.25, 0.3) is 11.8 Å². The van der Waals surface area contributed by atoms with Crippen LogP contribution in [0.2, 0.25) is 0 Å². The first-order chi connectivity index (χ1) is 21.6. The fraction of sp³-hybridized carbons (Fsp3) is 0.588. The number of amides is 3. The van der Waals surface area contributed by atoms with Gasteiger partial charge in [0.05, 0.1) is 24.8 Å². The highest BCUT2D eigenvalue weighted by molar-refractivity contribution is 5.94. The van der Waals surface area contributed by atoms with E-state index in [2.05, 4.69) is 36.0 Å². The molecule has 1 aromatic carbocycles. The zero-order valence-electron chi connectivity index (χ0n) is 26.7. The summed E-state index contributed by atoms with van der Waals surface area (Å²) in [6.45, 7) is 10.6. The van der Waals surface area contributed by atoms with Crippen LogP contribution in [0.1, 0.15) is 67.3 Å². The maximum Gasteiger partial charge on any atom is 0.270 e. The maximum atomic E-state index is 14.6. The van der Waals surface area contributed by atoms with Gasteiger partial charge in [-0.1, -0.05) is 39.0 Å². The molecule has 1 aromatic heterocycles. The molecule has 4 aliphatic heterocycles. The van der Waals surface area contributed by atoms with E-state index in [-0.39, 0.29) is 72.2 Å². The highest BCUT2D eigenvalue weighted by atomic mass is 19.1. The van der Waals surface area contributed by atoms with Gasteiger partial charge in [0.15, 0.2) is 0 Å². The summed E-state index contributed by atoms with van der Waals surface area (Å²) in [7, 11) is 0. The molecule has 1 N–H and O–H groups in total. The molecule has 4 aliphatic rings. The third-order valence-corrected chi connectivity index (χ3v) is 8.91. The minimum absolute atomic E-state index is 0.0409. The number of hydrogen-bond donors (Lipinski definition) is 1. The van der Waals surface area contributed by atoms with Crippen molar-refractivity contribution in [3.8, 4) is 5.88 Å². The zero-order chi connectivity index (χ0) is 32.0. The Kier molecular flexibility index (Phi) is 10.7. The Balaban J connectivity index is 1.35. The molecule has 0 unspecified atom stereocenters. The number of hydrogen-bond acceptors (Lipinski definition) is 7. The van der Waals surface area contributed by atoms with Crippen molar-refractivity contribution in [2.24, 2.45) is 11.3 Å². The molecule has 6 rings (SSSR count). The van der Waals surface area contributed by atoms with E-state index in [0.29, 0.717) is 45.0 Å². The fourth-order valence-electron chi connectivity index (χ4n) is 6.29. The molecule has 2 fully saturated rings. The van der Waals surface area contributed by atoms with Crippen molar-refractivity contribution in [1.29, 1.82) is 0 Å². The van der Waals surface area contributed by atoms with Gasteiger partial charge in [-0.25, -0.2) is 9.37 Å². The first kappa shape index (κ1) is 32.8. The molecule has 10 nitrogen and oxygen atoms in total. The molecule has 45 heavy (non-hydrogen) atoms. The van der Waals surface area contributed by atoms with Gasteiger partial charge in [-0.3, -0.25) is 19.3 Å². The van der Waals surface area contributed by atoms with Gasteiger partial charge in [0.1, 0.15) is 18.1 Å². The Labute approximate surface area is 265 Å². The summed E-state index contributed by atoms with van der Waals surface area (Å²) < 4.78 is 26.1. The van der Waals surface area contributed by atoms with Crippen LogP contribution in [0.4, 0.5) is 4.39 Å². The van der Waals surface area contributed by atoms with Crippen LogP contribution >= 0.6 is 0 Å². The molecule has 0 saturated carbocycles. The number of carbonyl (C=O) groups excluding carboxylic acids is 3. The number of pyridine rings is 1. The molecule has 0 radical (unpaired) electrons. The Bertz CT molecular complexity index is 1340. The summed E-state index contributed by atoms with van der Waals surface area (Å²) in [6.07, 6.45) is 2.96. The molecule has 6 bridgehead atoms. The molecule has 0 spiro atoms. The highest BCUT2D eigenvalue weighted by Crippen LogP contribution is 2.28. The van der Waals surface area contributed by atoms with E-state index < -0.39 is 5.82 Å². The number of fused-ring (bicyclic) bond motifs is 10. The molecule has 5 heterocycles. The number of benzene rings is 1. The van der Waals surface area contributed by atoms with E-state index in [9.17, 15) is 18.8 Å². The van der Waals surface area contributed by atoms with E-state index in [1.54, 1.807) is 35.2 Å². The molecular formula is C34H46FN5O5. The molecule has 2 atom stereocenters. The quantitative estimate of drug-likeness (QED) is 0.521. The van der Waals surface area contributed by atoms with Crippen molar-refractivity contribution in [2.75, 3.05) is 59.1 Å². The molecule has 244 valence electrons. The highest BCUT2D eigenvalue weighted by Gasteiger charge is 2.40. The Morgan fingerprint density at radius 2 is 1.78 bits per heavy atom. The maximum absolute atomic E-state index is 14.6. The van der Waals surface area contributed by atoms with Crippen molar-refractivity contribution in [3.63, 3.8) is 0 Å². The lowest BCUT2D eigenvalue weighted by Gasteiger charge is -2.37. The predicted molar refractivity (Wildman–Crippen MR) is 167 cm³/mol. The molecule has 2 saturated heterocycles. The summed E-state index contributed by atoms with van der Waals surface area (Å²) >= 11 is 0. The summed E-state index contributed by atoms with van der Waals surface area (Å²) in [4.78, 5) is 50.8. The van der Waals surface area contributed by atoms with Crippen molar-refractivity contribution >= 4 is 17.7 Å². The minimum atomic E-state index is -0.548. The number of nitrogens with zero attached hydrogens (tertiary/aromatic N) is 4. The topological polar surface area (TPSA) is 104 Å². The Hall–Kier alpha value is -3.57. The third kappa shape index (κ3) is 8.79. The normalized spacial score (nSPS) is 24.1. The first-order valence-corrected chi connectivity index (χ1v) is 16.1. The van der Waals surface area contributed by atoms with Gasteiger partial charge in [0.2, 0.25) is 11.8 Å². The average molecular weight is 624 g/mol. The van der Waals surface area contributed by atoms with Crippen molar-refractivity contribution in [3.05, 3.63) is 59.5 Å². The van der Waals surface area contributed by atoms with E-state index in [1.165, 1.54) is 12.1 Å². The van der Waals surface area contributed by atoms with E-state index in [4.69, 9.17) is 9.47 Å². The van der Waals surface area contributed by atoms with Gasteiger partial charge >= 0.3 is 0 Å². The van der Waals surface area contributed by atoms with Crippen molar-refractivity contribution < 1.29 is 28.2 Å². The SMILES string of the molecule is CC(C)(C)CCN1C[C@H]2C[C@H]1C(=O)N1CCC(CC1)CN(C(=O)c1ccccc1F)CCOCCOc1cccc(n1)C(=O)N2. The molecule has 2 aromatic rings. The van der Waals surface area contributed by atoms with Gasteiger partial charge in [0, 0.05) is 44.8 Å². The molecule has 0 aliphatic carbocycles. The van der Waals surface area contributed by atoms with Gasteiger partial charge < -0.3 is 24.6 Å². The van der Waals surface area contributed by atoms with E-state index in [0.717, 1.165) is 25.8 Å². The predicted octanol–water partition coefficient (Wildman–Crippen LogP) is 3.62. The standard InChI is InChI=1S/C34H46FN5O5/c1-34(2,3)13-16-39-23-25-21-29(39)33(43)38-14-11-24(12-15-38)22-40(32(42)26-7-4-5-8-27(26)35)17-18-44-19-20-45-30-10-6-9-28(37-30)31(41)36-25/h4-10,24-25,29H,11-23H2,1-3H3,(H,36,41)/t25-,29+/m1/s1. The summed E-state index contributed by atoms with van der Waals surface area (Å²) in [5.74, 6) is -0.637. The lowest BCUT2D eigenvalue weighted by Crippen LogP contribution is -2.50. The molecular weight excluding hydrogens is 577 g/mol. The smallest absolute Gasteiger partial charge is 0.270 e. The Morgan fingerprint density at radius 1 is 1.00 bits per heavy atom. The number of carbonyl (C=O) groups is 3. The lowest BCUT2D eigenvalue weighted by molar-refractivity contribution is -0.137. The monoisotopic (exact) mass is 623 g/mol. The number of piperidine rings is 1. The lowest BCUT2D eigenvalue weighted by atomic mass is 9.92. The average Bonchev–Trinajstić information content (AvgIpc) is 3.43. The summed E-state index contributed by atoms with van der Waals surface area (Å²) in [6, 6.07) is 10.6. The second-order valence-electron chi connectivity index (χ2n) is 13.5. The second kappa shape index (κ2) is 14.7. The Morgan fingerprint density at radius 3 is 2.53 bits per heavy atom. The van der Waals surface area contributed by atoms with Crippen LogP contribution in [-0.2, 0) is 9.53 Å². The largest absolute Gasteiger partial charge is 0.475 e. The third-order valence-electron chi connectivity index (χ3n) is 8.91. The second-order valence-corrected chi connectivity index (χ2v) is 13.5. The molecule has 11 heteroatoms. The summed E-state index contributed by atoms with van der Waals surface area (Å²) in [5.41, 5.74) is 0.399. The number of ether oxygens (including phenoxy) is 2. The fourth-order valence-corrected chi connectivity index (χ4v) is 6.29. The number of nitrogens with one attached hydrogen (secondary N) is 1. The van der Waals surface area contributed by atoms with E-state index in [1.807, 2.05) is 4.90 Å². The van der Waals surface area contributed by atoms with Crippen LogP contribution in [-0.4, -0.2) is 109 Å². The van der Waals surface area contributed by atoms with Crippen molar-refractivity contribution in [1.82, 2.24) is 25.0 Å². The zero-order valence-corrected chi connectivity index (χ0v) is 26.7. The van der Waals surface area contributed by atoms with Crippen LogP contribution in [0, 0.1) is 17.2 Å². The van der Waals surface area contributed by atoms with Crippen LogP contribution < -0.4 is 10.1 Å². The van der Waals surface area contributed by atoms with Crippen molar-refractivity contribution in [2.45, 2.75) is 58.5 Å². The minimum Gasteiger partial charge on any atom is -0.475 e. The van der Waals surface area contributed by atoms with Gasteiger partial charge in [-0.05, 0) is 61.8 Å². The number of likely N-dealkylation sites (tertiary alicyclic amines) is 1. The van der Waals surface area contributed by atoms with E-state index >= 15 is 0 Å². The number of rotatable bonds is 3. The van der Waals surface area contributed by atoms with Crippen LogP contribution in [0.3, 0.4) is 0 Å². The van der Waals surface area contributed by atoms with Gasteiger partial charge in [-0.15, -0.1) is 0 Å². The van der Waals surface area contributed by atoms with Crippen LogP contribution in [0.25, 0.3) is 0 Å². The van der Waals surface area contributed by atoms with Crippen LogP contribution in [0.15, 0.2) is 42.5 Å². The molecule has 3 amide bonds. The number of halogens is 1. The van der Waals surface area contributed by atoms with Crippen LogP contribution in [0.5, 0.6) is 5.88 Å². The number of aromatic nitrogens is 1.